The zero-order valence-corrected chi connectivity index (χ0v) is 11.2. The Bertz CT molecular complexity index is 456. The predicted octanol–water partition coefficient (Wildman–Crippen LogP) is 2.57. The van der Waals surface area contributed by atoms with E-state index in [1.807, 2.05) is 19.9 Å². The topological polar surface area (TPSA) is 52.6 Å². The van der Waals surface area contributed by atoms with E-state index in [0.29, 0.717) is 23.8 Å². The fourth-order valence-electron chi connectivity index (χ4n) is 1.88. The molecule has 1 saturated heterocycles. The number of nitrogens with one attached hydrogen (secondary N) is 1. The maximum atomic E-state index is 11.9. The SMILES string of the molecule is CC(C)C1(O)CN(C(=O)Nc2ccccc2Cl)C1. The Morgan fingerprint density at radius 1 is 1.44 bits per heavy atom. The molecule has 2 N–H and O–H groups in total. The van der Waals surface area contributed by atoms with Crippen LogP contribution in [0.25, 0.3) is 0 Å². The summed E-state index contributed by atoms with van der Waals surface area (Å²) in [4.78, 5) is 13.5. The number of benzene rings is 1. The molecule has 1 aliphatic rings. The van der Waals surface area contributed by atoms with Gasteiger partial charge in [0, 0.05) is 0 Å². The van der Waals surface area contributed by atoms with Crippen LogP contribution in [0.15, 0.2) is 24.3 Å². The second-order valence-electron chi connectivity index (χ2n) is 5.02. The van der Waals surface area contributed by atoms with Gasteiger partial charge in [0.15, 0.2) is 0 Å². The number of likely N-dealkylation sites (tertiary alicyclic amines) is 1. The predicted molar refractivity (Wildman–Crippen MR) is 71.8 cm³/mol. The Morgan fingerprint density at radius 3 is 2.61 bits per heavy atom. The molecule has 2 amide bonds. The summed E-state index contributed by atoms with van der Waals surface area (Å²) >= 11 is 5.96. The van der Waals surface area contributed by atoms with Crippen LogP contribution in [0.2, 0.25) is 5.02 Å². The molecule has 98 valence electrons. The molecule has 1 aliphatic heterocycles. The Labute approximate surface area is 112 Å². The molecule has 0 radical (unpaired) electrons. The zero-order valence-electron chi connectivity index (χ0n) is 10.5. The van der Waals surface area contributed by atoms with Crippen LogP contribution in [0.5, 0.6) is 0 Å². The van der Waals surface area contributed by atoms with Crippen molar-refractivity contribution in [3.8, 4) is 0 Å². The molecule has 0 bridgehead atoms. The van der Waals surface area contributed by atoms with E-state index in [1.165, 1.54) is 0 Å². The Balaban J connectivity index is 1.94. The lowest BCUT2D eigenvalue weighted by atomic mass is 9.83. The van der Waals surface area contributed by atoms with Gasteiger partial charge in [-0.2, -0.15) is 0 Å². The minimum absolute atomic E-state index is 0.141. The lowest BCUT2D eigenvalue weighted by Gasteiger charge is -2.48. The number of amides is 2. The standard InChI is InChI=1S/C13H17ClN2O2/c1-9(2)13(18)7-16(8-13)12(17)15-11-6-4-3-5-10(11)14/h3-6,9,18H,7-8H2,1-2H3,(H,15,17). The lowest BCUT2D eigenvalue weighted by molar-refractivity contribution is -0.105. The second kappa shape index (κ2) is 4.78. The average Bonchev–Trinajstić information content (AvgIpc) is 2.27. The molecule has 1 aromatic rings. The highest BCUT2D eigenvalue weighted by atomic mass is 35.5. The second-order valence-corrected chi connectivity index (χ2v) is 5.43. The minimum Gasteiger partial charge on any atom is -0.386 e. The Hall–Kier alpha value is -1.26. The molecule has 2 rings (SSSR count). The van der Waals surface area contributed by atoms with Crippen LogP contribution in [0.1, 0.15) is 13.8 Å². The molecule has 0 saturated carbocycles. The summed E-state index contributed by atoms with van der Waals surface area (Å²) in [5.41, 5.74) is -0.165. The number of urea groups is 1. The first-order valence-corrected chi connectivity index (χ1v) is 6.33. The van der Waals surface area contributed by atoms with Gasteiger partial charge in [-0.05, 0) is 18.1 Å². The molecular formula is C13H17ClN2O2. The van der Waals surface area contributed by atoms with Crippen LogP contribution in [0, 0.1) is 5.92 Å². The normalized spacial score (nSPS) is 17.5. The van der Waals surface area contributed by atoms with Crippen molar-refractivity contribution in [2.45, 2.75) is 19.4 Å². The third-order valence-electron chi connectivity index (χ3n) is 3.41. The van der Waals surface area contributed by atoms with E-state index >= 15 is 0 Å². The van der Waals surface area contributed by atoms with E-state index in [4.69, 9.17) is 11.6 Å². The van der Waals surface area contributed by atoms with Crippen LogP contribution in [-0.4, -0.2) is 34.7 Å². The number of hydrogen-bond acceptors (Lipinski definition) is 2. The number of rotatable bonds is 2. The number of nitrogens with zero attached hydrogens (tertiary/aromatic N) is 1. The van der Waals surface area contributed by atoms with Crippen LogP contribution in [0.3, 0.4) is 0 Å². The summed E-state index contributed by atoms with van der Waals surface area (Å²) in [7, 11) is 0. The van der Waals surface area contributed by atoms with Crippen molar-refractivity contribution < 1.29 is 9.90 Å². The summed E-state index contributed by atoms with van der Waals surface area (Å²) < 4.78 is 0. The number of aliphatic hydroxyl groups is 1. The highest BCUT2D eigenvalue weighted by Gasteiger charge is 2.45. The number of para-hydroxylation sites is 1. The first kappa shape index (κ1) is 13.2. The fraction of sp³-hybridized carbons (Fsp3) is 0.462. The summed E-state index contributed by atoms with van der Waals surface area (Å²) in [6.07, 6.45) is 0. The fourth-order valence-corrected chi connectivity index (χ4v) is 2.06. The number of β-amino-alcohol motifs (C(OH)–C–C–N with tert-alkyl or cyclic N) is 1. The van der Waals surface area contributed by atoms with Crippen molar-refractivity contribution in [3.05, 3.63) is 29.3 Å². The molecule has 0 aliphatic carbocycles. The van der Waals surface area contributed by atoms with E-state index < -0.39 is 5.60 Å². The number of carbonyl (C=O) groups is 1. The van der Waals surface area contributed by atoms with Gasteiger partial charge >= 0.3 is 6.03 Å². The zero-order chi connectivity index (χ0) is 13.3. The number of halogens is 1. The summed E-state index contributed by atoms with van der Waals surface area (Å²) in [5.74, 6) is 0.141. The van der Waals surface area contributed by atoms with Crippen molar-refractivity contribution in [2.24, 2.45) is 5.92 Å². The van der Waals surface area contributed by atoms with Crippen LogP contribution < -0.4 is 5.32 Å². The van der Waals surface area contributed by atoms with Crippen molar-refractivity contribution in [1.29, 1.82) is 0 Å². The quantitative estimate of drug-likeness (QED) is 0.866. The van der Waals surface area contributed by atoms with Gasteiger partial charge in [0.1, 0.15) is 5.60 Å². The monoisotopic (exact) mass is 268 g/mol. The van der Waals surface area contributed by atoms with Crippen LogP contribution in [0.4, 0.5) is 10.5 Å². The molecule has 1 heterocycles. The first-order valence-electron chi connectivity index (χ1n) is 5.95. The molecule has 5 heteroatoms. The van der Waals surface area contributed by atoms with Crippen molar-refractivity contribution in [3.63, 3.8) is 0 Å². The largest absolute Gasteiger partial charge is 0.386 e. The van der Waals surface area contributed by atoms with E-state index in [-0.39, 0.29) is 11.9 Å². The lowest BCUT2D eigenvalue weighted by Crippen LogP contribution is -2.66. The van der Waals surface area contributed by atoms with Gasteiger partial charge in [-0.1, -0.05) is 37.6 Å². The third-order valence-corrected chi connectivity index (χ3v) is 3.74. The van der Waals surface area contributed by atoms with E-state index in [1.54, 1.807) is 23.1 Å². The van der Waals surface area contributed by atoms with Crippen molar-refractivity contribution >= 4 is 23.3 Å². The van der Waals surface area contributed by atoms with Gasteiger partial charge in [-0.3, -0.25) is 0 Å². The summed E-state index contributed by atoms with van der Waals surface area (Å²) in [6, 6.07) is 6.85. The maximum Gasteiger partial charge on any atom is 0.322 e. The minimum atomic E-state index is -0.752. The third kappa shape index (κ3) is 2.44. The number of hydrogen-bond donors (Lipinski definition) is 2. The molecular weight excluding hydrogens is 252 g/mol. The van der Waals surface area contributed by atoms with Gasteiger partial charge in [-0.15, -0.1) is 0 Å². The van der Waals surface area contributed by atoms with Gasteiger partial charge in [0.05, 0.1) is 23.8 Å². The van der Waals surface area contributed by atoms with Gasteiger partial charge in [0.2, 0.25) is 0 Å². The molecule has 0 atom stereocenters. The van der Waals surface area contributed by atoms with E-state index in [2.05, 4.69) is 5.32 Å². The molecule has 0 unspecified atom stereocenters. The maximum absolute atomic E-state index is 11.9. The average molecular weight is 269 g/mol. The molecule has 1 aromatic carbocycles. The van der Waals surface area contributed by atoms with Gasteiger partial charge in [-0.25, -0.2) is 4.79 Å². The summed E-state index contributed by atoms with van der Waals surface area (Å²) in [6.45, 7) is 4.62. The Kier molecular flexibility index (Phi) is 3.50. The molecule has 18 heavy (non-hydrogen) atoms. The summed E-state index contributed by atoms with van der Waals surface area (Å²) in [5, 5.41) is 13.3. The van der Waals surface area contributed by atoms with Crippen molar-refractivity contribution in [1.82, 2.24) is 4.90 Å². The van der Waals surface area contributed by atoms with E-state index in [0.717, 1.165) is 0 Å². The van der Waals surface area contributed by atoms with E-state index in [9.17, 15) is 9.90 Å². The Morgan fingerprint density at radius 2 is 2.06 bits per heavy atom. The molecule has 0 aromatic heterocycles. The molecule has 1 fully saturated rings. The van der Waals surface area contributed by atoms with Crippen LogP contribution in [-0.2, 0) is 0 Å². The smallest absolute Gasteiger partial charge is 0.322 e. The van der Waals surface area contributed by atoms with Gasteiger partial charge < -0.3 is 15.3 Å². The highest BCUT2D eigenvalue weighted by molar-refractivity contribution is 6.33. The van der Waals surface area contributed by atoms with Crippen molar-refractivity contribution in [2.75, 3.05) is 18.4 Å². The number of carbonyl (C=O) groups excluding carboxylic acids is 1. The van der Waals surface area contributed by atoms with Gasteiger partial charge in [0.25, 0.3) is 0 Å². The number of anilines is 1. The molecule has 4 nitrogen and oxygen atoms in total. The highest BCUT2D eigenvalue weighted by Crippen LogP contribution is 2.29. The molecule has 0 spiro atoms. The first-order chi connectivity index (χ1) is 8.42. The van der Waals surface area contributed by atoms with Crippen LogP contribution >= 0.6 is 11.6 Å².